The molecule has 0 radical (unpaired) electrons. The second kappa shape index (κ2) is 19.1. The standard InChI is InChI=1S/C58H51FN2O3.C6H6/c59-39-27-29-41(30-28-39)61(52-26-12-25-49-48-24-11-23-45(57(48)64-58(49)52)37-15-5-2-6-16-37)42-31-32-50-53(34-42)63-54-35-51(46-19-7-8-20-47(46)55(50)54)60-40-18-9-17-38(33-40)44-22-10-21-43(56(44)62)36-13-3-1-4-14-36;1-2-4-6-5-3-1/h7-12,17-32,34-38,60,62H,1-6,13-16,33H2;1-6H. The molecule has 3 aliphatic rings. The van der Waals surface area contributed by atoms with Gasteiger partial charge >= 0.3 is 0 Å². The van der Waals surface area contributed by atoms with Crippen molar-refractivity contribution in [3.8, 4) is 5.75 Å². The Kier molecular flexibility index (Phi) is 11.9. The summed E-state index contributed by atoms with van der Waals surface area (Å²) < 4.78 is 28.3. The SMILES string of the molecule is Oc1c(C2C=CC=C(Nc3cc4oc5cc(N(c6ccc(F)cc6)c6cccc7c6oc6c(C8CCCCC8)cccc67)ccc5c4c4ccccc34)C2)cccc1C1CCCCC1.c1ccccc1. The summed E-state index contributed by atoms with van der Waals surface area (Å²) in [7, 11) is 0. The maximum atomic E-state index is 14.5. The van der Waals surface area contributed by atoms with Crippen LogP contribution in [-0.4, -0.2) is 5.11 Å². The number of hydrogen-bond donors (Lipinski definition) is 2. The first-order valence-corrected chi connectivity index (χ1v) is 25.4. The molecule has 2 aromatic heterocycles. The van der Waals surface area contributed by atoms with Gasteiger partial charge in [0, 0.05) is 67.6 Å². The van der Waals surface area contributed by atoms with Crippen LogP contribution in [0, 0.1) is 5.82 Å². The summed E-state index contributed by atoms with van der Waals surface area (Å²) in [4.78, 5) is 2.16. The van der Waals surface area contributed by atoms with Gasteiger partial charge in [0.05, 0.1) is 11.4 Å². The highest BCUT2D eigenvalue weighted by atomic mass is 19.1. The molecule has 1 unspecified atom stereocenters. The van der Waals surface area contributed by atoms with E-state index in [1.165, 1.54) is 69.1 Å². The van der Waals surface area contributed by atoms with Gasteiger partial charge in [-0.15, -0.1) is 0 Å². The molecular weight excluding hydrogens is 864 g/mol. The predicted molar refractivity (Wildman–Crippen MR) is 288 cm³/mol. The van der Waals surface area contributed by atoms with E-state index in [0.29, 0.717) is 17.6 Å². The van der Waals surface area contributed by atoms with Gasteiger partial charge in [-0.3, -0.25) is 0 Å². The monoisotopic (exact) mass is 920 g/mol. The fourth-order valence-electron chi connectivity index (χ4n) is 11.8. The van der Waals surface area contributed by atoms with Crippen LogP contribution >= 0.6 is 0 Å². The highest BCUT2D eigenvalue weighted by Gasteiger charge is 2.27. The summed E-state index contributed by atoms with van der Waals surface area (Å²) in [6.07, 6.45) is 19.4. The van der Waals surface area contributed by atoms with Crippen molar-refractivity contribution in [3.05, 3.63) is 210 Å². The van der Waals surface area contributed by atoms with Crippen molar-refractivity contribution >= 4 is 77.4 Å². The zero-order valence-corrected chi connectivity index (χ0v) is 39.4. The van der Waals surface area contributed by atoms with Gasteiger partial charge in [0.2, 0.25) is 0 Å². The third-order valence-electron chi connectivity index (χ3n) is 15.2. The van der Waals surface area contributed by atoms with E-state index in [9.17, 15) is 9.50 Å². The van der Waals surface area contributed by atoms with Crippen LogP contribution < -0.4 is 10.2 Å². The fraction of sp³-hybridized carbons (Fsp3) is 0.219. The summed E-state index contributed by atoms with van der Waals surface area (Å²) >= 11 is 0. The van der Waals surface area contributed by atoms with Gasteiger partial charge in [-0.2, -0.15) is 0 Å². The molecule has 13 rings (SSSR count). The van der Waals surface area contributed by atoms with Gasteiger partial charge in [0.25, 0.3) is 0 Å². The summed E-state index contributed by atoms with van der Waals surface area (Å²) in [5, 5.41) is 21.9. The first-order chi connectivity index (χ1) is 34.6. The molecule has 0 saturated heterocycles. The number of rotatable bonds is 8. The molecule has 0 bridgehead atoms. The van der Waals surface area contributed by atoms with Crippen LogP contribution in [0.15, 0.2) is 197 Å². The minimum atomic E-state index is -0.288. The molecule has 0 spiro atoms. The molecule has 3 aliphatic carbocycles. The number of para-hydroxylation sites is 3. The van der Waals surface area contributed by atoms with E-state index >= 15 is 0 Å². The van der Waals surface area contributed by atoms with Crippen molar-refractivity contribution in [1.82, 2.24) is 0 Å². The molecule has 10 aromatic rings. The van der Waals surface area contributed by atoms with Crippen LogP contribution in [0.1, 0.15) is 105 Å². The van der Waals surface area contributed by atoms with E-state index in [4.69, 9.17) is 8.83 Å². The minimum absolute atomic E-state index is 0.0593. The number of furan rings is 2. The Morgan fingerprint density at radius 3 is 1.87 bits per heavy atom. The number of phenolic OH excluding ortho intramolecular Hbond substituents is 1. The summed E-state index contributed by atoms with van der Waals surface area (Å²) in [5.41, 5.74) is 11.3. The number of phenols is 1. The molecule has 8 aromatic carbocycles. The molecule has 2 fully saturated rings. The first kappa shape index (κ1) is 43.7. The number of halogens is 1. The molecule has 70 heavy (non-hydrogen) atoms. The molecule has 0 aliphatic heterocycles. The van der Waals surface area contributed by atoms with E-state index in [1.54, 1.807) is 0 Å². The Bertz CT molecular complexity index is 3530. The van der Waals surface area contributed by atoms with Crippen LogP contribution in [-0.2, 0) is 0 Å². The lowest BCUT2D eigenvalue weighted by Gasteiger charge is -2.26. The van der Waals surface area contributed by atoms with E-state index < -0.39 is 0 Å². The van der Waals surface area contributed by atoms with Crippen LogP contribution in [0.5, 0.6) is 5.75 Å². The number of allylic oxidation sites excluding steroid dienone is 4. The third kappa shape index (κ3) is 8.29. The van der Waals surface area contributed by atoms with Crippen LogP contribution in [0.3, 0.4) is 0 Å². The quantitative estimate of drug-likeness (QED) is 0.159. The highest BCUT2D eigenvalue weighted by molar-refractivity contribution is 6.22. The second-order valence-corrected chi connectivity index (χ2v) is 19.5. The summed E-state index contributed by atoms with van der Waals surface area (Å²) in [6.45, 7) is 0. The molecule has 2 heterocycles. The first-order valence-electron chi connectivity index (χ1n) is 25.4. The van der Waals surface area contributed by atoms with Crippen molar-refractivity contribution in [2.45, 2.75) is 88.4 Å². The normalized spacial score (nSPS) is 16.7. The van der Waals surface area contributed by atoms with Crippen LogP contribution in [0.25, 0.3) is 54.6 Å². The molecule has 6 heteroatoms. The van der Waals surface area contributed by atoms with Crippen molar-refractivity contribution in [1.29, 1.82) is 0 Å². The van der Waals surface area contributed by atoms with Gasteiger partial charge in [0.15, 0.2) is 5.58 Å². The van der Waals surface area contributed by atoms with Crippen LogP contribution in [0.4, 0.5) is 27.1 Å². The highest BCUT2D eigenvalue weighted by Crippen LogP contribution is 2.48. The van der Waals surface area contributed by atoms with Crippen LogP contribution in [0.2, 0.25) is 0 Å². The maximum Gasteiger partial charge on any atom is 0.159 e. The Hall–Kier alpha value is -7.57. The van der Waals surface area contributed by atoms with E-state index in [-0.39, 0.29) is 11.7 Å². The van der Waals surface area contributed by atoms with Gasteiger partial charge in [-0.25, -0.2) is 4.39 Å². The Morgan fingerprint density at radius 2 is 1.13 bits per heavy atom. The smallest absolute Gasteiger partial charge is 0.159 e. The average molecular weight is 921 g/mol. The lowest BCUT2D eigenvalue weighted by Crippen LogP contribution is -2.10. The Morgan fingerprint density at radius 1 is 0.514 bits per heavy atom. The maximum absolute atomic E-state index is 14.5. The lowest BCUT2D eigenvalue weighted by molar-refractivity contribution is 0.410. The topological polar surface area (TPSA) is 61.8 Å². The number of fused-ring (bicyclic) bond motifs is 8. The van der Waals surface area contributed by atoms with Gasteiger partial charge < -0.3 is 24.2 Å². The van der Waals surface area contributed by atoms with Crippen molar-refractivity contribution < 1.29 is 18.3 Å². The Labute approximate surface area is 408 Å². The van der Waals surface area contributed by atoms with Crippen molar-refractivity contribution in [2.75, 3.05) is 10.2 Å². The zero-order chi connectivity index (χ0) is 47.0. The zero-order valence-electron chi connectivity index (χ0n) is 39.4. The molecule has 0 amide bonds. The van der Waals surface area contributed by atoms with E-state index in [0.717, 1.165) is 113 Å². The third-order valence-corrected chi connectivity index (χ3v) is 15.2. The number of aromatic hydroxyl groups is 1. The van der Waals surface area contributed by atoms with E-state index in [2.05, 4.69) is 132 Å². The number of anilines is 4. The van der Waals surface area contributed by atoms with Crippen molar-refractivity contribution in [2.24, 2.45) is 0 Å². The molecule has 1 atom stereocenters. The second-order valence-electron chi connectivity index (χ2n) is 19.5. The fourth-order valence-corrected chi connectivity index (χ4v) is 11.8. The number of nitrogens with zero attached hydrogens (tertiary/aromatic N) is 1. The molecule has 2 saturated carbocycles. The molecule has 5 nitrogen and oxygen atoms in total. The predicted octanol–water partition coefficient (Wildman–Crippen LogP) is 18.8. The average Bonchev–Trinajstić information content (AvgIpc) is 3.99. The number of nitrogens with one attached hydrogen (secondary N) is 1. The largest absolute Gasteiger partial charge is 0.507 e. The number of benzene rings is 8. The summed E-state index contributed by atoms with van der Waals surface area (Å²) in [6, 6.07) is 55.0. The Balaban J connectivity index is 0.000000785. The van der Waals surface area contributed by atoms with Gasteiger partial charge in [0.1, 0.15) is 28.3 Å². The van der Waals surface area contributed by atoms with E-state index in [1.807, 2.05) is 48.5 Å². The van der Waals surface area contributed by atoms with Gasteiger partial charge in [-0.05, 0) is 109 Å². The molecule has 2 N–H and O–H groups in total. The minimum Gasteiger partial charge on any atom is -0.507 e. The van der Waals surface area contributed by atoms with Crippen molar-refractivity contribution in [3.63, 3.8) is 0 Å². The number of hydrogen-bond acceptors (Lipinski definition) is 5. The molecular formula is C64H57FN2O3. The summed E-state index contributed by atoms with van der Waals surface area (Å²) in [5.74, 6) is 1.17. The molecule has 348 valence electrons. The van der Waals surface area contributed by atoms with Gasteiger partial charge in [-0.1, -0.05) is 160 Å². The lowest BCUT2D eigenvalue weighted by atomic mass is 9.81.